The lowest BCUT2D eigenvalue weighted by Gasteiger charge is -2.24. The van der Waals surface area contributed by atoms with Crippen molar-refractivity contribution in [3.63, 3.8) is 0 Å². The summed E-state index contributed by atoms with van der Waals surface area (Å²) in [5.41, 5.74) is 1.97. The fourth-order valence-electron chi connectivity index (χ4n) is 1.44. The molecule has 94 valence electrons. The van der Waals surface area contributed by atoms with Gasteiger partial charge >= 0.3 is 0 Å². The van der Waals surface area contributed by atoms with Crippen molar-refractivity contribution in [3.8, 4) is 0 Å². The normalized spacial score (nSPS) is 11.4. The van der Waals surface area contributed by atoms with E-state index in [-0.39, 0.29) is 12.5 Å². The van der Waals surface area contributed by atoms with E-state index in [4.69, 9.17) is 5.11 Å². The van der Waals surface area contributed by atoms with Crippen molar-refractivity contribution in [3.05, 3.63) is 33.3 Å². The van der Waals surface area contributed by atoms with Crippen LogP contribution in [-0.4, -0.2) is 23.2 Å². The number of benzene rings is 1. The predicted octanol–water partition coefficient (Wildman–Crippen LogP) is 2.57. The largest absolute Gasteiger partial charge is 0.394 e. The lowest BCUT2D eigenvalue weighted by Crippen LogP contribution is -2.46. The molecule has 0 saturated carbocycles. The van der Waals surface area contributed by atoms with E-state index < -0.39 is 5.54 Å². The van der Waals surface area contributed by atoms with Gasteiger partial charge in [-0.05, 0) is 51.0 Å². The van der Waals surface area contributed by atoms with Gasteiger partial charge in [0.05, 0.1) is 12.1 Å². The molecule has 1 rings (SSSR count). The van der Waals surface area contributed by atoms with Gasteiger partial charge in [-0.1, -0.05) is 15.9 Å². The van der Waals surface area contributed by atoms with Gasteiger partial charge in [0.15, 0.2) is 0 Å². The van der Waals surface area contributed by atoms with Crippen molar-refractivity contribution in [1.82, 2.24) is 5.32 Å². The van der Waals surface area contributed by atoms with Gasteiger partial charge in [-0.3, -0.25) is 4.79 Å². The van der Waals surface area contributed by atoms with Crippen molar-refractivity contribution in [1.29, 1.82) is 0 Å². The molecule has 0 unspecified atom stereocenters. The molecule has 0 saturated heterocycles. The molecule has 0 aliphatic heterocycles. The average Bonchev–Trinajstić information content (AvgIpc) is 2.22. The van der Waals surface area contributed by atoms with Crippen molar-refractivity contribution in [2.24, 2.45) is 0 Å². The highest BCUT2D eigenvalue weighted by Crippen LogP contribution is 2.21. The second-order valence-electron chi connectivity index (χ2n) is 4.91. The molecule has 0 heterocycles. The summed E-state index contributed by atoms with van der Waals surface area (Å²) in [6.07, 6.45) is 0. The number of halogens is 1. The molecule has 1 aromatic rings. The Labute approximate surface area is 110 Å². The molecule has 1 amide bonds. The zero-order valence-corrected chi connectivity index (χ0v) is 12.2. The minimum Gasteiger partial charge on any atom is -0.394 e. The Kier molecular flexibility index (Phi) is 4.33. The number of nitrogens with one attached hydrogen (secondary N) is 1. The van der Waals surface area contributed by atoms with Crippen LogP contribution in [0.5, 0.6) is 0 Å². The van der Waals surface area contributed by atoms with Crippen LogP contribution in [0.15, 0.2) is 16.6 Å². The van der Waals surface area contributed by atoms with Gasteiger partial charge in [0.1, 0.15) is 0 Å². The molecule has 4 heteroatoms. The third-order valence-corrected chi connectivity index (χ3v) is 3.45. The van der Waals surface area contributed by atoms with Gasteiger partial charge in [-0.25, -0.2) is 0 Å². The number of amides is 1. The van der Waals surface area contributed by atoms with Crippen LogP contribution in [0.3, 0.4) is 0 Å². The molecule has 17 heavy (non-hydrogen) atoms. The van der Waals surface area contributed by atoms with E-state index in [0.29, 0.717) is 5.56 Å². The van der Waals surface area contributed by atoms with Gasteiger partial charge in [0.2, 0.25) is 0 Å². The summed E-state index contributed by atoms with van der Waals surface area (Å²) in [5.74, 6) is -0.155. The first kappa shape index (κ1) is 14.2. The van der Waals surface area contributed by atoms with E-state index in [0.717, 1.165) is 15.6 Å². The Morgan fingerprint density at radius 1 is 1.35 bits per heavy atom. The van der Waals surface area contributed by atoms with Gasteiger partial charge in [-0.2, -0.15) is 0 Å². The first-order valence-electron chi connectivity index (χ1n) is 5.47. The van der Waals surface area contributed by atoms with E-state index in [1.165, 1.54) is 0 Å². The summed E-state index contributed by atoms with van der Waals surface area (Å²) in [6, 6.07) is 3.78. The predicted molar refractivity (Wildman–Crippen MR) is 72.2 cm³/mol. The first-order valence-corrected chi connectivity index (χ1v) is 6.26. The summed E-state index contributed by atoms with van der Waals surface area (Å²) in [4.78, 5) is 12.1. The fourth-order valence-corrected chi connectivity index (χ4v) is 1.90. The summed E-state index contributed by atoms with van der Waals surface area (Å²) >= 11 is 3.43. The molecule has 2 N–H and O–H groups in total. The van der Waals surface area contributed by atoms with Crippen LogP contribution < -0.4 is 5.32 Å². The lowest BCUT2D eigenvalue weighted by atomic mass is 10.0. The Bertz CT molecular complexity index is 441. The molecule has 0 aromatic heterocycles. The van der Waals surface area contributed by atoms with E-state index in [1.54, 1.807) is 13.8 Å². The number of aliphatic hydroxyl groups is 1. The van der Waals surface area contributed by atoms with Crippen LogP contribution >= 0.6 is 15.9 Å². The lowest BCUT2D eigenvalue weighted by molar-refractivity contribution is 0.0868. The second-order valence-corrected chi connectivity index (χ2v) is 5.77. The first-order chi connectivity index (χ1) is 7.76. The topological polar surface area (TPSA) is 49.3 Å². The molecule has 0 fully saturated rings. The summed E-state index contributed by atoms with van der Waals surface area (Å²) in [5, 5.41) is 11.9. The summed E-state index contributed by atoms with van der Waals surface area (Å²) in [7, 11) is 0. The molecule has 0 spiro atoms. The molecule has 0 radical (unpaired) electrons. The number of carbonyl (C=O) groups excluding carboxylic acids is 1. The van der Waals surface area contributed by atoms with Crippen LogP contribution in [0.1, 0.15) is 35.3 Å². The highest BCUT2D eigenvalue weighted by atomic mass is 79.9. The standard InChI is InChI=1S/C13H18BrNO2/c1-8-6-11(14)9(2)5-10(8)12(17)15-13(3,4)7-16/h5-6,16H,7H2,1-4H3,(H,15,17). The fraction of sp³-hybridized carbons (Fsp3) is 0.462. The number of hydrogen-bond donors (Lipinski definition) is 2. The molecule has 3 nitrogen and oxygen atoms in total. The number of hydrogen-bond acceptors (Lipinski definition) is 2. The summed E-state index contributed by atoms with van der Waals surface area (Å²) < 4.78 is 0.993. The highest BCUT2D eigenvalue weighted by Gasteiger charge is 2.21. The van der Waals surface area contributed by atoms with E-state index >= 15 is 0 Å². The van der Waals surface area contributed by atoms with Gasteiger partial charge in [-0.15, -0.1) is 0 Å². The quantitative estimate of drug-likeness (QED) is 0.901. The Balaban J connectivity index is 3.01. The van der Waals surface area contributed by atoms with Crippen LogP contribution in [-0.2, 0) is 0 Å². The van der Waals surface area contributed by atoms with Crippen molar-refractivity contribution >= 4 is 21.8 Å². The third kappa shape index (κ3) is 3.54. The molecule has 0 atom stereocenters. The molecule has 0 aliphatic carbocycles. The van der Waals surface area contributed by atoms with Crippen molar-refractivity contribution in [2.45, 2.75) is 33.2 Å². The maximum atomic E-state index is 12.1. The van der Waals surface area contributed by atoms with E-state index in [9.17, 15) is 4.79 Å². The number of aryl methyl sites for hydroxylation is 2. The van der Waals surface area contributed by atoms with E-state index in [1.807, 2.05) is 26.0 Å². The zero-order valence-electron chi connectivity index (χ0n) is 10.6. The maximum absolute atomic E-state index is 12.1. The monoisotopic (exact) mass is 299 g/mol. The maximum Gasteiger partial charge on any atom is 0.252 e. The van der Waals surface area contributed by atoms with E-state index in [2.05, 4.69) is 21.2 Å². The number of aliphatic hydroxyl groups excluding tert-OH is 1. The third-order valence-electron chi connectivity index (χ3n) is 2.60. The Morgan fingerprint density at radius 2 is 1.94 bits per heavy atom. The van der Waals surface area contributed by atoms with Crippen molar-refractivity contribution < 1.29 is 9.90 Å². The molecule has 1 aromatic carbocycles. The van der Waals surface area contributed by atoms with Gasteiger partial charge in [0, 0.05) is 10.0 Å². The molecule has 0 aliphatic rings. The molecular formula is C13H18BrNO2. The van der Waals surface area contributed by atoms with Crippen molar-refractivity contribution in [2.75, 3.05) is 6.61 Å². The number of carbonyl (C=O) groups is 1. The van der Waals surface area contributed by atoms with Crippen LogP contribution in [0.4, 0.5) is 0 Å². The Hall–Kier alpha value is -0.870. The molecule has 0 bridgehead atoms. The SMILES string of the molecule is Cc1cc(C(=O)NC(C)(C)CO)c(C)cc1Br. The summed E-state index contributed by atoms with van der Waals surface area (Å²) in [6.45, 7) is 7.31. The Morgan fingerprint density at radius 3 is 2.47 bits per heavy atom. The number of rotatable bonds is 3. The zero-order chi connectivity index (χ0) is 13.2. The van der Waals surface area contributed by atoms with Gasteiger partial charge in [0.25, 0.3) is 5.91 Å². The second kappa shape index (κ2) is 5.19. The average molecular weight is 300 g/mol. The minimum absolute atomic E-state index is 0.0900. The smallest absolute Gasteiger partial charge is 0.252 e. The highest BCUT2D eigenvalue weighted by molar-refractivity contribution is 9.10. The van der Waals surface area contributed by atoms with Gasteiger partial charge < -0.3 is 10.4 Å². The van der Waals surface area contributed by atoms with Crippen LogP contribution in [0.25, 0.3) is 0 Å². The molecular weight excluding hydrogens is 282 g/mol. The minimum atomic E-state index is -0.607. The van der Waals surface area contributed by atoms with Crippen LogP contribution in [0, 0.1) is 13.8 Å². The van der Waals surface area contributed by atoms with Crippen LogP contribution in [0.2, 0.25) is 0 Å².